The molecule has 0 spiro atoms. The summed E-state index contributed by atoms with van der Waals surface area (Å²) in [4.78, 5) is 46.0. The predicted octanol–water partition coefficient (Wildman–Crippen LogP) is 5.55. The normalized spacial score (nSPS) is 16.3. The van der Waals surface area contributed by atoms with Crippen LogP contribution in [0.1, 0.15) is 64.8 Å². The number of halogens is 1. The Kier molecular flexibility index (Phi) is 8.97. The third kappa shape index (κ3) is 6.59. The quantitative estimate of drug-likeness (QED) is 0.415. The first-order valence-electron chi connectivity index (χ1n) is 14.5. The minimum absolute atomic E-state index is 0.0498. The number of carbonyl (C=O) groups excluding carboxylic acids is 3. The van der Waals surface area contributed by atoms with E-state index in [-0.39, 0.29) is 23.6 Å². The number of rotatable bonds is 7. The number of hydrogen-bond acceptors (Lipinski definition) is 4. The second kappa shape index (κ2) is 13.0. The number of piperidine rings is 1. The zero-order valence-corrected chi connectivity index (χ0v) is 23.5. The molecule has 3 aromatic carbocycles. The number of hydrogen-bond donors (Lipinski definition) is 1. The Labute approximate surface area is 240 Å². The van der Waals surface area contributed by atoms with Gasteiger partial charge in [0.1, 0.15) is 5.82 Å². The summed E-state index contributed by atoms with van der Waals surface area (Å²) in [6.45, 7) is 5.83. The Morgan fingerprint density at radius 3 is 2.15 bits per heavy atom. The number of nitrogens with zero attached hydrogens (tertiary/aromatic N) is 3. The van der Waals surface area contributed by atoms with Gasteiger partial charge in [0.2, 0.25) is 5.91 Å². The van der Waals surface area contributed by atoms with Crippen LogP contribution in [0.5, 0.6) is 0 Å². The van der Waals surface area contributed by atoms with Crippen LogP contribution in [-0.4, -0.2) is 66.8 Å². The number of piperazine rings is 1. The number of likely N-dealkylation sites (tertiary alicyclic amines) is 1. The van der Waals surface area contributed by atoms with Crippen LogP contribution in [0.25, 0.3) is 0 Å². The molecule has 2 aliphatic heterocycles. The smallest absolute Gasteiger partial charge is 0.256 e. The molecule has 0 aromatic heterocycles. The van der Waals surface area contributed by atoms with Gasteiger partial charge in [0.15, 0.2) is 0 Å². The molecular formula is C33H37FN4O3. The summed E-state index contributed by atoms with van der Waals surface area (Å²) in [6.07, 6.45) is 3.80. The van der Waals surface area contributed by atoms with Crippen molar-refractivity contribution in [1.82, 2.24) is 9.80 Å². The Hall–Kier alpha value is -4.20. The first-order valence-corrected chi connectivity index (χ1v) is 14.5. The molecule has 0 unspecified atom stereocenters. The molecule has 41 heavy (non-hydrogen) atoms. The summed E-state index contributed by atoms with van der Waals surface area (Å²) in [5.74, 6) is -0.853. The van der Waals surface area contributed by atoms with E-state index < -0.39 is 5.82 Å². The van der Waals surface area contributed by atoms with Crippen molar-refractivity contribution < 1.29 is 18.8 Å². The molecule has 0 radical (unpaired) electrons. The second-order valence-corrected chi connectivity index (χ2v) is 10.7. The molecule has 0 saturated carbocycles. The van der Waals surface area contributed by atoms with Gasteiger partial charge < -0.3 is 20.0 Å². The van der Waals surface area contributed by atoms with Gasteiger partial charge in [-0.25, -0.2) is 4.39 Å². The van der Waals surface area contributed by atoms with Crippen LogP contribution in [0.15, 0.2) is 72.8 Å². The van der Waals surface area contributed by atoms with E-state index in [1.807, 2.05) is 53.1 Å². The average molecular weight is 557 g/mol. The van der Waals surface area contributed by atoms with Crippen molar-refractivity contribution in [2.75, 3.05) is 49.5 Å². The summed E-state index contributed by atoms with van der Waals surface area (Å²) < 4.78 is 13.3. The average Bonchev–Trinajstić information content (AvgIpc) is 3.02. The number of carbonyl (C=O) groups is 3. The zero-order valence-electron chi connectivity index (χ0n) is 23.5. The van der Waals surface area contributed by atoms with Crippen molar-refractivity contribution in [2.24, 2.45) is 0 Å². The summed E-state index contributed by atoms with van der Waals surface area (Å²) in [6, 6.07) is 20.7. The minimum atomic E-state index is -0.410. The van der Waals surface area contributed by atoms with Crippen LogP contribution in [0.2, 0.25) is 0 Å². The van der Waals surface area contributed by atoms with Crippen LogP contribution < -0.4 is 10.2 Å². The Balaban J connectivity index is 1.34. The number of anilines is 2. The molecular weight excluding hydrogens is 519 g/mol. The molecule has 5 rings (SSSR count). The van der Waals surface area contributed by atoms with Gasteiger partial charge in [0.25, 0.3) is 11.8 Å². The largest absolute Gasteiger partial charge is 0.367 e. The van der Waals surface area contributed by atoms with Crippen molar-refractivity contribution in [3.8, 4) is 0 Å². The lowest BCUT2D eigenvalue weighted by Crippen LogP contribution is -2.50. The van der Waals surface area contributed by atoms with Gasteiger partial charge in [-0.3, -0.25) is 14.4 Å². The maximum atomic E-state index is 13.7. The maximum Gasteiger partial charge on any atom is 0.256 e. The molecule has 1 atom stereocenters. The highest BCUT2D eigenvalue weighted by molar-refractivity contribution is 6.06. The molecule has 1 N–H and O–H groups in total. The molecule has 7 nitrogen and oxygen atoms in total. The van der Waals surface area contributed by atoms with E-state index in [9.17, 15) is 18.8 Å². The number of amides is 3. The summed E-state index contributed by atoms with van der Waals surface area (Å²) >= 11 is 0. The fourth-order valence-electron chi connectivity index (χ4n) is 5.76. The SMILES string of the molecule is CC[C@@H](C(=O)N1CCN(c2ccc(NC(=O)c3ccc(F)cc3)cc2C(=O)N2CCCCC2)CC1)c1ccccc1. The first kappa shape index (κ1) is 28.3. The molecule has 214 valence electrons. The van der Waals surface area contributed by atoms with E-state index >= 15 is 0 Å². The topological polar surface area (TPSA) is 73.0 Å². The summed E-state index contributed by atoms with van der Waals surface area (Å²) in [7, 11) is 0. The van der Waals surface area contributed by atoms with Gasteiger partial charge in [-0.15, -0.1) is 0 Å². The van der Waals surface area contributed by atoms with E-state index in [0.29, 0.717) is 56.1 Å². The molecule has 2 aliphatic rings. The van der Waals surface area contributed by atoms with Gasteiger partial charge >= 0.3 is 0 Å². The number of nitrogens with one attached hydrogen (secondary N) is 1. The lowest BCUT2D eigenvalue weighted by Gasteiger charge is -2.38. The van der Waals surface area contributed by atoms with Crippen LogP contribution in [-0.2, 0) is 4.79 Å². The highest BCUT2D eigenvalue weighted by Crippen LogP contribution is 2.29. The lowest BCUT2D eigenvalue weighted by molar-refractivity contribution is -0.133. The predicted molar refractivity (Wildman–Crippen MR) is 159 cm³/mol. The zero-order chi connectivity index (χ0) is 28.8. The Morgan fingerprint density at radius 2 is 1.49 bits per heavy atom. The molecule has 2 saturated heterocycles. The second-order valence-electron chi connectivity index (χ2n) is 10.7. The Morgan fingerprint density at radius 1 is 0.805 bits per heavy atom. The van der Waals surface area contributed by atoms with Crippen LogP contribution >= 0.6 is 0 Å². The van der Waals surface area contributed by atoms with Gasteiger partial charge in [0.05, 0.1) is 11.5 Å². The molecule has 2 fully saturated rings. The third-order valence-corrected chi connectivity index (χ3v) is 8.07. The van der Waals surface area contributed by atoms with Gasteiger partial charge in [-0.1, -0.05) is 37.3 Å². The van der Waals surface area contributed by atoms with E-state index in [0.717, 1.165) is 36.9 Å². The van der Waals surface area contributed by atoms with Crippen LogP contribution in [0.4, 0.5) is 15.8 Å². The minimum Gasteiger partial charge on any atom is -0.367 e. The number of benzene rings is 3. The van der Waals surface area contributed by atoms with Crippen molar-refractivity contribution >= 4 is 29.1 Å². The van der Waals surface area contributed by atoms with Crippen molar-refractivity contribution in [3.63, 3.8) is 0 Å². The van der Waals surface area contributed by atoms with Crippen LogP contribution in [0, 0.1) is 5.82 Å². The van der Waals surface area contributed by atoms with Crippen molar-refractivity contribution in [3.05, 3.63) is 95.3 Å². The van der Waals surface area contributed by atoms with E-state index in [4.69, 9.17) is 0 Å². The standard InChI is InChI=1S/C33H37FN4O3/c1-2-28(24-9-5-3-6-10-24)32(40)38-21-19-36(20-22-38)30-16-15-27(35-31(39)25-11-13-26(34)14-12-25)23-29(30)33(41)37-17-7-4-8-18-37/h3,5-6,9-16,23,28H,2,4,7-8,17-22H2,1H3,(H,35,39)/t28-/m1/s1. The lowest BCUT2D eigenvalue weighted by atomic mass is 9.94. The third-order valence-electron chi connectivity index (χ3n) is 8.07. The van der Waals surface area contributed by atoms with Crippen LogP contribution in [0.3, 0.4) is 0 Å². The highest BCUT2D eigenvalue weighted by Gasteiger charge is 2.30. The molecule has 0 bridgehead atoms. The van der Waals surface area contributed by atoms with Gasteiger partial charge in [-0.05, 0) is 73.7 Å². The molecule has 3 amide bonds. The van der Waals surface area contributed by atoms with E-state index in [1.54, 1.807) is 12.1 Å². The highest BCUT2D eigenvalue weighted by atomic mass is 19.1. The first-order chi connectivity index (χ1) is 19.9. The molecule has 8 heteroatoms. The molecule has 0 aliphatic carbocycles. The Bertz CT molecular complexity index is 1360. The fourth-order valence-corrected chi connectivity index (χ4v) is 5.76. The molecule has 3 aromatic rings. The van der Waals surface area contributed by atoms with Crippen molar-refractivity contribution in [1.29, 1.82) is 0 Å². The fraction of sp³-hybridized carbons (Fsp3) is 0.364. The van der Waals surface area contributed by atoms with E-state index in [1.165, 1.54) is 24.3 Å². The monoisotopic (exact) mass is 556 g/mol. The van der Waals surface area contributed by atoms with Crippen molar-refractivity contribution in [2.45, 2.75) is 38.5 Å². The van der Waals surface area contributed by atoms with Gasteiger partial charge in [0, 0.05) is 56.2 Å². The molecule has 2 heterocycles. The van der Waals surface area contributed by atoms with Gasteiger partial charge in [-0.2, -0.15) is 0 Å². The summed E-state index contributed by atoms with van der Waals surface area (Å²) in [5.41, 5.74) is 3.23. The maximum absolute atomic E-state index is 13.7. The van der Waals surface area contributed by atoms with E-state index in [2.05, 4.69) is 10.2 Å². The summed E-state index contributed by atoms with van der Waals surface area (Å²) in [5, 5.41) is 2.86.